The van der Waals surface area contributed by atoms with Crippen molar-refractivity contribution in [2.24, 2.45) is 0 Å². The van der Waals surface area contributed by atoms with E-state index in [0.29, 0.717) is 16.4 Å². The van der Waals surface area contributed by atoms with Crippen molar-refractivity contribution in [2.45, 2.75) is 6.42 Å². The summed E-state index contributed by atoms with van der Waals surface area (Å²) in [5.41, 5.74) is 0.797. The molecule has 0 bridgehead atoms. The first-order valence-electron chi connectivity index (χ1n) is 4.40. The van der Waals surface area contributed by atoms with Gasteiger partial charge in [-0.1, -0.05) is 11.6 Å². The second-order valence-electron chi connectivity index (χ2n) is 3.00. The maximum absolute atomic E-state index is 5.98. The average Bonchev–Trinajstić information content (AvgIpc) is 2.54. The molecule has 0 atom stereocenters. The van der Waals surface area contributed by atoms with E-state index in [1.54, 1.807) is 13.3 Å². The van der Waals surface area contributed by atoms with Crippen molar-refractivity contribution in [2.75, 3.05) is 13.7 Å². The molecule has 0 aromatic carbocycles. The van der Waals surface area contributed by atoms with Crippen molar-refractivity contribution in [1.82, 2.24) is 14.4 Å². The SMILES string of the molecule is COCCc1nc(Br)c2c(Cl)nccn12. The molecule has 2 aromatic rings. The lowest BCUT2D eigenvalue weighted by atomic mass is 10.4. The molecule has 0 saturated heterocycles. The second kappa shape index (κ2) is 4.47. The first-order valence-corrected chi connectivity index (χ1v) is 5.57. The number of nitrogens with zero attached hydrogens (tertiary/aromatic N) is 3. The molecule has 0 N–H and O–H groups in total. The quantitative estimate of drug-likeness (QED) is 0.871. The van der Waals surface area contributed by atoms with Gasteiger partial charge in [0.05, 0.1) is 6.61 Å². The van der Waals surface area contributed by atoms with Crippen molar-refractivity contribution < 1.29 is 4.74 Å². The summed E-state index contributed by atoms with van der Waals surface area (Å²) in [6.07, 6.45) is 4.23. The Morgan fingerprint density at radius 2 is 2.40 bits per heavy atom. The lowest BCUT2D eigenvalue weighted by molar-refractivity contribution is 0.200. The standard InChI is InChI=1S/C9H9BrClN3O/c1-15-5-2-6-13-8(10)7-9(11)12-3-4-14(6)7/h3-4H,2,5H2,1H3. The molecule has 80 valence electrons. The number of aromatic nitrogens is 3. The third kappa shape index (κ3) is 2.00. The Labute approximate surface area is 100 Å². The highest BCUT2D eigenvalue weighted by Gasteiger charge is 2.11. The van der Waals surface area contributed by atoms with Crippen molar-refractivity contribution in [1.29, 1.82) is 0 Å². The summed E-state index contributed by atoms with van der Waals surface area (Å²) in [4.78, 5) is 8.37. The van der Waals surface area contributed by atoms with E-state index < -0.39 is 0 Å². The largest absolute Gasteiger partial charge is 0.384 e. The Kier molecular flexibility index (Phi) is 3.23. The van der Waals surface area contributed by atoms with E-state index in [1.165, 1.54) is 0 Å². The minimum Gasteiger partial charge on any atom is -0.384 e. The maximum atomic E-state index is 5.98. The summed E-state index contributed by atoms with van der Waals surface area (Å²) in [5, 5.41) is 0.445. The average molecular weight is 291 g/mol. The van der Waals surface area contributed by atoms with Crippen LogP contribution in [-0.4, -0.2) is 28.1 Å². The Morgan fingerprint density at radius 1 is 1.60 bits per heavy atom. The third-order valence-corrected chi connectivity index (χ3v) is 2.90. The Balaban J connectivity index is 2.53. The van der Waals surface area contributed by atoms with Gasteiger partial charge in [0.2, 0.25) is 0 Å². The minimum atomic E-state index is 0.445. The molecule has 2 heterocycles. The van der Waals surface area contributed by atoms with Crippen LogP contribution in [0.1, 0.15) is 5.82 Å². The summed E-state index contributed by atoms with van der Waals surface area (Å²) in [7, 11) is 1.67. The van der Waals surface area contributed by atoms with Crippen LogP contribution in [0.5, 0.6) is 0 Å². The van der Waals surface area contributed by atoms with Gasteiger partial charge in [-0.05, 0) is 15.9 Å². The lowest BCUT2D eigenvalue weighted by Crippen LogP contribution is -2.00. The molecule has 0 saturated carbocycles. The highest BCUT2D eigenvalue weighted by atomic mass is 79.9. The van der Waals surface area contributed by atoms with Gasteiger partial charge in [-0.3, -0.25) is 4.40 Å². The fraction of sp³-hybridized carbons (Fsp3) is 0.333. The van der Waals surface area contributed by atoms with Gasteiger partial charge in [0.25, 0.3) is 0 Å². The number of ether oxygens (including phenoxy) is 1. The molecule has 0 fully saturated rings. The zero-order valence-corrected chi connectivity index (χ0v) is 10.4. The number of halogens is 2. The fourth-order valence-corrected chi connectivity index (χ4v) is 2.32. The van der Waals surface area contributed by atoms with Crippen LogP contribution in [0.25, 0.3) is 5.52 Å². The Hall–Kier alpha value is -0.650. The molecular formula is C9H9BrClN3O. The Bertz CT molecular complexity index is 485. The highest BCUT2D eigenvalue weighted by molar-refractivity contribution is 9.10. The van der Waals surface area contributed by atoms with E-state index in [-0.39, 0.29) is 0 Å². The number of methoxy groups -OCH3 is 1. The first-order chi connectivity index (χ1) is 7.24. The molecule has 2 aromatic heterocycles. The molecule has 0 aliphatic rings. The van der Waals surface area contributed by atoms with Gasteiger partial charge in [0.1, 0.15) is 15.9 Å². The van der Waals surface area contributed by atoms with Crippen molar-refractivity contribution in [3.05, 3.63) is 28.0 Å². The van der Waals surface area contributed by atoms with Gasteiger partial charge < -0.3 is 4.74 Å². The van der Waals surface area contributed by atoms with Crippen LogP contribution in [-0.2, 0) is 11.2 Å². The summed E-state index contributed by atoms with van der Waals surface area (Å²) in [6, 6.07) is 0. The predicted molar refractivity (Wildman–Crippen MR) is 61.3 cm³/mol. The lowest BCUT2D eigenvalue weighted by Gasteiger charge is -2.00. The number of rotatable bonds is 3. The molecule has 15 heavy (non-hydrogen) atoms. The van der Waals surface area contributed by atoms with Crippen LogP contribution in [0.4, 0.5) is 0 Å². The van der Waals surface area contributed by atoms with E-state index >= 15 is 0 Å². The Morgan fingerprint density at radius 3 is 3.13 bits per heavy atom. The highest BCUT2D eigenvalue weighted by Crippen LogP contribution is 2.24. The van der Waals surface area contributed by atoms with Crippen molar-refractivity contribution >= 4 is 33.0 Å². The van der Waals surface area contributed by atoms with Crippen LogP contribution < -0.4 is 0 Å². The summed E-state index contributed by atoms with van der Waals surface area (Å²) < 4.78 is 7.65. The van der Waals surface area contributed by atoms with Crippen LogP contribution in [0.3, 0.4) is 0 Å². The summed E-state index contributed by atoms with van der Waals surface area (Å²) in [5.74, 6) is 0.906. The topological polar surface area (TPSA) is 39.4 Å². The number of imidazole rings is 1. The number of hydrogen-bond acceptors (Lipinski definition) is 3. The van der Waals surface area contributed by atoms with Crippen LogP contribution in [0, 0.1) is 0 Å². The molecule has 0 spiro atoms. The van der Waals surface area contributed by atoms with E-state index in [9.17, 15) is 0 Å². The molecule has 0 amide bonds. The normalized spacial score (nSPS) is 11.1. The summed E-state index contributed by atoms with van der Waals surface area (Å²) in [6.45, 7) is 0.630. The molecule has 0 aliphatic carbocycles. The van der Waals surface area contributed by atoms with Gasteiger partial charge in [0, 0.05) is 25.9 Å². The third-order valence-electron chi connectivity index (χ3n) is 2.07. The van der Waals surface area contributed by atoms with E-state index in [4.69, 9.17) is 16.3 Å². The summed E-state index contributed by atoms with van der Waals surface area (Å²) >= 11 is 9.34. The van der Waals surface area contributed by atoms with E-state index in [1.807, 2.05) is 10.6 Å². The van der Waals surface area contributed by atoms with E-state index in [2.05, 4.69) is 25.9 Å². The van der Waals surface area contributed by atoms with Crippen LogP contribution in [0.2, 0.25) is 5.15 Å². The minimum absolute atomic E-state index is 0.445. The molecule has 0 radical (unpaired) electrons. The van der Waals surface area contributed by atoms with Crippen molar-refractivity contribution in [3.63, 3.8) is 0 Å². The molecule has 0 aliphatic heterocycles. The van der Waals surface area contributed by atoms with Gasteiger partial charge >= 0.3 is 0 Å². The van der Waals surface area contributed by atoms with Crippen LogP contribution in [0.15, 0.2) is 17.0 Å². The van der Waals surface area contributed by atoms with E-state index in [0.717, 1.165) is 17.8 Å². The van der Waals surface area contributed by atoms with Crippen LogP contribution >= 0.6 is 27.5 Å². The molecule has 2 rings (SSSR count). The maximum Gasteiger partial charge on any atom is 0.155 e. The van der Waals surface area contributed by atoms with Gasteiger partial charge in [-0.15, -0.1) is 0 Å². The molecule has 0 unspecified atom stereocenters. The smallest absolute Gasteiger partial charge is 0.155 e. The molecule has 4 nitrogen and oxygen atoms in total. The molecule has 6 heteroatoms. The van der Waals surface area contributed by atoms with Gasteiger partial charge in [-0.25, -0.2) is 9.97 Å². The van der Waals surface area contributed by atoms with Gasteiger partial charge in [-0.2, -0.15) is 0 Å². The number of fused-ring (bicyclic) bond motifs is 1. The monoisotopic (exact) mass is 289 g/mol. The molecular weight excluding hydrogens is 281 g/mol. The van der Waals surface area contributed by atoms with Crippen molar-refractivity contribution in [3.8, 4) is 0 Å². The predicted octanol–water partition coefficient (Wildman–Crippen LogP) is 2.33. The fourth-order valence-electron chi connectivity index (χ4n) is 1.39. The first kappa shape index (κ1) is 10.9. The number of hydrogen-bond donors (Lipinski definition) is 0. The zero-order chi connectivity index (χ0) is 10.8. The van der Waals surface area contributed by atoms with Gasteiger partial charge in [0.15, 0.2) is 5.15 Å². The second-order valence-corrected chi connectivity index (χ2v) is 4.11. The zero-order valence-electron chi connectivity index (χ0n) is 8.07.